The Balaban J connectivity index is 1.03. The number of nitrogens with zero attached hydrogens (tertiary/aromatic N) is 2. The number of para-hydroxylation sites is 4. The molecule has 0 aliphatic carbocycles. The van der Waals surface area contributed by atoms with E-state index in [1.807, 2.05) is 158 Å². The summed E-state index contributed by atoms with van der Waals surface area (Å²) in [6.07, 6.45) is 0. The molecule has 1 aromatic heterocycles. The molecule has 8 aromatic rings. The highest BCUT2D eigenvalue weighted by Gasteiger charge is 2.14. The SMILES string of the molecule is C(#Cc1ccc(-c2nc3ccccc3nc2-c2cccc(C#Cc3ccc(Oc4ccccc4)cc3)c2)cc1)c1ccc(Oc2ccccc2)cc1. The summed E-state index contributed by atoms with van der Waals surface area (Å²) < 4.78 is 11.8. The zero-order valence-corrected chi connectivity index (χ0v) is 28.0. The lowest BCUT2D eigenvalue weighted by atomic mass is 10.0. The van der Waals surface area contributed by atoms with Crippen molar-refractivity contribution in [1.82, 2.24) is 9.97 Å². The van der Waals surface area contributed by atoms with Gasteiger partial charge in [0.15, 0.2) is 0 Å². The standard InChI is InChI=1S/C48H30N2O2/c1-3-12-41(13-4-1)51-43-30-24-36(25-31-43)19-18-35-22-28-39(29-23-35)47-48(50-46-17-8-7-16-45(46)49-47)40-11-9-10-38(34-40)21-20-37-26-32-44(33-27-37)52-42-14-5-2-6-15-42/h1-17,22-34H. The molecule has 1 heterocycles. The molecule has 0 aliphatic rings. The van der Waals surface area contributed by atoms with Crippen molar-refractivity contribution in [2.75, 3.05) is 0 Å². The van der Waals surface area contributed by atoms with Crippen molar-refractivity contribution in [2.45, 2.75) is 0 Å². The number of benzene rings is 7. The molecule has 0 bridgehead atoms. The molecule has 0 saturated heterocycles. The minimum atomic E-state index is 0.765. The average Bonchev–Trinajstić information content (AvgIpc) is 3.21. The van der Waals surface area contributed by atoms with Crippen LogP contribution < -0.4 is 9.47 Å². The predicted octanol–water partition coefficient (Wildman–Crippen LogP) is 11.3. The van der Waals surface area contributed by atoms with Gasteiger partial charge >= 0.3 is 0 Å². The summed E-state index contributed by atoms with van der Waals surface area (Å²) in [4.78, 5) is 10.2. The lowest BCUT2D eigenvalue weighted by Gasteiger charge is -2.11. The van der Waals surface area contributed by atoms with E-state index in [-0.39, 0.29) is 0 Å². The van der Waals surface area contributed by atoms with Crippen LogP contribution in [0.15, 0.2) is 182 Å². The maximum atomic E-state index is 5.92. The first-order chi connectivity index (χ1) is 25.7. The van der Waals surface area contributed by atoms with Gasteiger partial charge in [0.2, 0.25) is 0 Å². The molecule has 0 aliphatic heterocycles. The number of rotatable bonds is 6. The van der Waals surface area contributed by atoms with E-state index in [0.29, 0.717) is 0 Å². The van der Waals surface area contributed by atoms with Crippen LogP contribution in [-0.2, 0) is 0 Å². The van der Waals surface area contributed by atoms with Crippen molar-refractivity contribution in [3.05, 3.63) is 204 Å². The summed E-state index contributed by atoms with van der Waals surface area (Å²) in [7, 11) is 0. The maximum absolute atomic E-state index is 5.92. The summed E-state index contributed by atoms with van der Waals surface area (Å²) in [5.74, 6) is 16.3. The first-order valence-electron chi connectivity index (χ1n) is 16.9. The largest absolute Gasteiger partial charge is 0.457 e. The first kappa shape index (κ1) is 31.8. The third-order valence-electron chi connectivity index (χ3n) is 8.23. The van der Waals surface area contributed by atoms with E-state index >= 15 is 0 Å². The molecule has 0 saturated carbocycles. The van der Waals surface area contributed by atoms with Crippen LogP contribution in [0.3, 0.4) is 0 Å². The summed E-state index contributed by atoms with van der Waals surface area (Å²) in [6.45, 7) is 0. The fourth-order valence-electron chi connectivity index (χ4n) is 5.61. The Morgan fingerprint density at radius 1 is 0.308 bits per heavy atom. The van der Waals surface area contributed by atoms with Gasteiger partial charge in [-0.2, -0.15) is 0 Å². The predicted molar refractivity (Wildman–Crippen MR) is 208 cm³/mol. The second kappa shape index (κ2) is 15.0. The summed E-state index contributed by atoms with van der Waals surface area (Å²) in [6, 6.07) is 59.3. The molecule has 244 valence electrons. The molecule has 4 heteroatoms. The molecule has 52 heavy (non-hydrogen) atoms. The Labute approximate surface area is 303 Å². The van der Waals surface area contributed by atoms with Crippen LogP contribution in [0.25, 0.3) is 33.5 Å². The van der Waals surface area contributed by atoms with Crippen molar-refractivity contribution >= 4 is 11.0 Å². The zero-order valence-electron chi connectivity index (χ0n) is 28.0. The van der Waals surface area contributed by atoms with Crippen LogP contribution in [-0.4, -0.2) is 9.97 Å². The third-order valence-corrected chi connectivity index (χ3v) is 8.23. The Bertz CT molecular complexity index is 2590. The minimum absolute atomic E-state index is 0.765. The Kier molecular flexibility index (Phi) is 9.19. The molecule has 0 radical (unpaired) electrons. The Hall–Kier alpha value is -7.40. The maximum Gasteiger partial charge on any atom is 0.127 e. The second-order valence-electron chi connectivity index (χ2n) is 11.9. The molecular weight excluding hydrogens is 637 g/mol. The van der Waals surface area contributed by atoms with Gasteiger partial charge in [0.25, 0.3) is 0 Å². The van der Waals surface area contributed by atoms with E-state index in [1.54, 1.807) is 0 Å². The smallest absolute Gasteiger partial charge is 0.127 e. The lowest BCUT2D eigenvalue weighted by Crippen LogP contribution is -1.96. The molecule has 0 spiro atoms. The van der Waals surface area contributed by atoms with Crippen LogP contribution in [0.4, 0.5) is 0 Å². The van der Waals surface area contributed by atoms with Crippen LogP contribution in [0, 0.1) is 23.7 Å². The van der Waals surface area contributed by atoms with Gasteiger partial charge < -0.3 is 9.47 Å². The minimum Gasteiger partial charge on any atom is -0.457 e. The summed E-state index contributed by atoms with van der Waals surface area (Å²) in [5.41, 5.74) is 8.74. The molecule has 0 amide bonds. The highest BCUT2D eigenvalue weighted by Crippen LogP contribution is 2.32. The topological polar surface area (TPSA) is 44.2 Å². The van der Waals surface area contributed by atoms with Gasteiger partial charge in [-0.15, -0.1) is 0 Å². The molecule has 0 atom stereocenters. The first-order valence-corrected chi connectivity index (χ1v) is 16.9. The Morgan fingerprint density at radius 3 is 1.21 bits per heavy atom. The normalized spacial score (nSPS) is 10.4. The van der Waals surface area contributed by atoms with Crippen molar-refractivity contribution < 1.29 is 9.47 Å². The number of hydrogen-bond acceptors (Lipinski definition) is 4. The molecule has 0 fully saturated rings. The molecule has 7 aromatic carbocycles. The lowest BCUT2D eigenvalue weighted by molar-refractivity contribution is 0.482. The molecule has 0 unspecified atom stereocenters. The van der Waals surface area contributed by atoms with Crippen molar-refractivity contribution in [3.8, 4) is 69.2 Å². The zero-order chi connectivity index (χ0) is 35.0. The van der Waals surface area contributed by atoms with Crippen LogP contribution >= 0.6 is 0 Å². The molecule has 0 N–H and O–H groups in total. The van der Waals surface area contributed by atoms with Crippen LogP contribution in [0.1, 0.15) is 22.3 Å². The van der Waals surface area contributed by atoms with Gasteiger partial charge in [0, 0.05) is 33.4 Å². The van der Waals surface area contributed by atoms with Gasteiger partial charge in [-0.3, -0.25) is 0 Å². The van der Waals surface area contributed by atoms with Crippen molar-refractivity contribution in [2.24, 2.45) is 0 Å². The molecule has 8 rings (SSSR count). The van der Waals surface area contributed by atoms with E-state index in [9.17, 15) is 0 Å². The monoisotopic (exact) mass is 666 g/mol. The molecular formula is C48H30N2O2. The molecule has 4 nitrogen and oxygen atoms in total. The number of aromatic nitrogens is 2. The van der Waals surface area contributed by atoms with Gasteiger partial charge in [0.05, 0.1) is 22.4 Å². The second-order valence-corrected chi connectivity index (χ2v) is 11.9. The van der Waals surface area contributed by atoms with E-state index in [1.165, 1.54) is 0 Å². The summed E-state index contributed by atoms with van der Waals surface area (Å²) in [5, 5.41) is 0. The van der Waals surface area contributed by atoms with Gasteiger partial charge in [0.1, 0.15) is 23.0 Å². The number of hydrogen-bond donors (Lipinski definition) is 0. The van der Waals surface area contributed by atoms with Crippen molar-refractivity contribution in [1.29, 1.82) is 0 Å². The fourth-order valence-corrected chi connectivity index (χ4v) is 5.61. The quantitative estimate of drug-likeness (QED) is 0.166. The van der Waals surface area contributed by atoms with Crippen LogP contribution in [0.2, 0.25) is 0 Å². The summed E-state index contributed by atoms with van der Waals surface area (Å²) >= 11 is 0. The van der Waals surface area contributed by atoms with E-state index in [0.717, 1.165) is 78.8 Å². The van der Waals surface area contributed by atoms with Gasteiger partial charge in [-0.1, -0.05) is 96.5 Å². The highest BCUT2D eigenvalue weighted by atomic mass is 16.5. The Morgan fingerprint density at radius 2 is 0.712 bits per heavy atom. The average molecular weight is 667 g/mol. The number of ether oxygens (including phenoxy) is 2. The van der Waals surface area contributed by atoms with Crippen LogP contribution in [0.5, 0.6) is 23.0 Å². The van der Waals surface area contributed by atoms with E-state index in [4.69, 9.17) is 19.4 Å². The highest BCUT2D eigenvalue weighted by molar-refractivity contribution is 5.86. The fraction of sp³-hybridized carbons (Fsp3) is 0. The third kappa shape index (κ3) is 7.74. The van der Waals surface area contributed by atoms with Gasteiger partial charge in [-0.05, 0) is 109 Å². The van der Waals surface area contributed by atoms with Crippen molar-refractivity contribution in [3.63, 3.8) is 0 Å². The van der Waals surface area contributed by atoms with E-state index < -0.39 is 0 Å². The van der Waals surface area contributed by atoms with E-state index in [2.05, 4.69) is 47.9 Å². The van der Waals surface area contributed by atoms with Gasteiger partial charge in [-0.25, -0.2) is 9.97 Å². The number of fused-ring (bicyclic) bond motifs is 1.